The molecule has 0 spiro atoms. The van der Waals surface area contributed by atoms with Crippen molar-refractivity contribution in [2.45, 2.75) is 6.54 Å². The Balaban J connectivity index is 1.78. The molecule has 3 aromatic carbocycles. The number of para-hydroxylation sites is 1. The van der Waals surface area contributed by atoms with Crippen LogP contribution in [0.2, 0.25) is 0 Å². The Bertz CT molecular complexity index is 1340. The van der Waals surface area contributed by atoms with Crippen LogP contribution in [0.1, 0.15) is 0 Å². The Hall–Kier alpha value is -4.00. The lowest BCUT2D eigenvalue weighted by Gasteiger charge is -2.16. The van der Waals surface area contributed by atoms with E-state index in [0.29, 0.717) is 44.7 Å². The molecule has 0 aliphatic heterocycles. The highest BCUT2D eigenvalue weighted by Crippen LogP contribution is 2.29. The van der Waals surface area contributed by atoms with Crippen LogP contribution >= 0.6 is 0 Å². The van der Waals surface area contributed by atoms with E-state index in [9.17, 15) is 9.59 Å². The van der Waals surface area contributed by atoms with Gasteiger partial charge in [-0.25, -0.2) is 0 Å². The minimum absolute atomic E-state index is 0.0127. The SMILES string of the molecule is COc1ccc(NC(=O)Cn2c3ccccc3c(=O)c3cc(OC)ccc32)c(OC)c1. The number of hydrogen-bond donors (Lipinski definition) is 1. The van der Waals surface area contributed by atoms with E-state index >= 15 is 0 Å². The van der Waals surface area contributed by atoms with Crippen molar-refractivity contribution < 1.29 is 19.0 Å². The van der Waals surface area contributed by atoms with Crippen LogP contribution in [-0.2, 0) is 11.3 Å². The van der Waals surface area contributed by atoms with Gasteiger partial charge in [-0.3, -0.25) is 9.59 Å². The molecule has 0 radical (unpaired) electrons. The molecule has 1 heterocycles. The van der Waals surface area contributed by atoms with Gasteiger partial charge in [-0.05, 0) is 42.5 Å². The van der Waals surface area contributed by atoms with Crippen molar-refractivity contribution in [3.05, 3.63) is 70.9 Å². The molecule has 1 amide bonds. The van der Waals surface area contributed by atoms with Crippen molar-refractivity contribution >= 4 is 33.4 Å². The fourth-order valence-electron chi connectivity index (χ4n) is 3.64. The second-order valence-corrected chi connectivity index (χ2v) is 6.93. The highest BCUT2D eigenvalue weighted by Gasteiger charge is 2.15. The van der Waals surface area contributed by atoms with Gasteiger partial charge in [-0.1, -0.05) is 12.1 Å². The van der Waals surface area contributed by atoms with Crippen LogP contribution in [0.15, 0.2) is 65.5 Å². The van der Waals surface area contributed by atoms with Gasteiger partial charge in [0.15, 0.2) is 5.43 Å². The number of pyridine rings is 1. The first-order valence-corrected chi connectivity index (χ1v) is 9.67. The molecule has 31 heavy (non-hydrogen) atoms. The summed E-state index contributed by atoms with van der Waals surface area (Å²) >= 11 is 0. The summed E-state index contributed by atoms with van der Waals surface area (Å²) in [4.78, 5) is 26.0. The van der Waals surface area contributed by atoms with Crippen LogP contribution < -0.4 is 25.0 Å². The molecule has 158 valence electrons. The fourth-order valence-corrected chi connectivity index (χ4v) is 3.64. The number of benzene rings is 3. The summed E-state index contributed by atoms with van der Waals surface area (Å²) in [5.74, 6) is 1.45. The molecular weight excluding hydrogens is 396 g/mol. The zero-order valence-corrected chi connectivity index (χ0v) is 17.5. The van der Waals surface area contributed by atoms with E-state index in [-0.39, 0.29) is 17.9 Å². The summed E-state index contributed by atoms with van der Waals surface area (Å²) in [5.41, 5.74) is 1.77. The molecule has 1 aromatic heterocycles. The third-order valence-electron chi connectivity index (χ3n) is 5.16. The number of nitrogens with one attached hydrogen (secondary N) is 1. The predicted octanol–water partition coefficient (Wildman–Crippen LogP) is 3.82. The first-order chi connectivity index (χ1) is 15.0. The maximum absolute atomic E-state index is 13.0. The number of methoxy groups -OCH3 is 3. The standard InChI is InChI=1S/C24H22N2O5/c1-29-15-9-11-21-18(12-15)24(28)17-6-4-5-7-20(17)26(21)14-23(27)25-19-10-8-16(30-2)13-22(19)31-3/h4-13H,14H2,1-3H3,(H,25,27). The minimum atomic E-state index is -0.255. The number of anilines is 1. The molecule has 0 atom stereocenters. The Morgan fingerprint density at radius 2 is 1.52 bits per heavy atom. The van der Waals surface area contributed by atoms with Gasteiger partial charge in [0.1, 0.15) is 23.8 Å². The molecule has 7 nitrogen and oxygen atoms in total. The zero-order valence-electron chi connectivity index (χ0n) is 17.5. The van der Waals surface area contributed by atoms with Gasteiger partial charge in [0.25, 0.3) is 0 Å². The van der Waals surface area contributed by atoms with E-state index in [2.05, 4.69) is 5.32 Å². The van der Waals surface area contributed by atoms with Crippen LogP contribution in [0.25, 0.3) is 21.8 Å². The third kappa shape index (κ3) is 3.77. The average molecular weight is 418 g/mol. The van der Waals surface area contributed by atoms with Gasteiger partial charge in [-0.2, -0.15) is 0 Å². The van der Waals surface area contributed by atoms with Crippen LogP contribution in [0.5, 0.6) is 17.2 Å². The summed E-state index contributed by atoms with van der Waals surface area (Å²) < 4.78 is 17.7. The molecule has 4 rings (SSSR count). The van der Waals surface area contributed by atoms with Gasteiger partial charge in [0.05, 0.1) is 38.1 Å². The Morgan fingerprint density at radius 3 is 2.26 bits per heavy atom. The van der Waals surface area contributed by atoms with Gasteiger partial charge in [0, 0.05) is 16.8 Å². The number of carbonyl (C=O) groups is 1. The number of fused-ring (bicyclic) bond motifs is 2. The lowest BCUT2D eigenvalue weighted by molar-refractivity contribution is -0.116. The maximum atomic E-state index is 13.0. The number of ether oxygens (including phenoxy) is 3. The molecule has 0 aliphatic rings. The molecule has 4 aromatic rings. The third-order valence-corrected chi connectivity index (χ3v) is 5.16. The first kappa shape index (κ1) is 20.3. The summed E-state index contributed by atoms with van der Waals surface area (Å²) in [6.07, 6.45) is 0. The van der Waals surface area contributed by atoms with Gasteiger partial charge < -0.3 is 24.1 Å². The average Bonchev–Trinajstić information content (AvgIpc) is 2.81. The molecule has 0 unspecified atom stereocenters. The van der Waals surface area contributed by atoms with Crippen LogP contribution in [-0.4, -0.2) is 31.8 Å². The van der Waals surface area contributed by atoms with Crippen molar-refractivity contribution in [2.75, 3.05) is 26.6 Å². The van der Waals surface area contributed by atoms with Crippen LogP contribution in [0.3, 0.4) is 0 Å². The highest BCUT2D eigenvalue weighted by atomic mass is 16.5. The predicted molar refractivity (Wildman–Crippen MR) is 120 cm³/mol. The number of rotatable bonds is 6. The Morgan fingerprint density at radius 1 is 0.839 bits per heavy atom. The maximum Gasteiger partial charge on any atom is 0.244 e. The van der Waals surface area contributed by atoms with Crippen LogP contribution in [0, 0.1) is 0 Å². The monoisotopic (exact) mass is 418 g/mol. The fraction of sp³-hybridized carbons (Fsp3) is 0.167. The van der Waals surface area contributed by atoms with E-state index in [0.717, 1.165) is 0 Å². The van der Waals surface area contributed by atoms with E-state index in [1.807, 2.05) is 22.8 Å². The van der Waals surface area contributed by atoms with Gasteiger partial charge in [-0.15, -0.1) is 0 Å². The van der Waals surface area contributed by atoms with Crippen molar-refractivity contribution in [2.24, 2.45) is 0 Å². The molecule has 0 saturated carbocycles. The zero-order chi connectivity index (χ0) is 22.0. The second kappa shape index (κ2) is 8.39. The normalized spacial score (nSPS) is 10.8. The molecule has 0 bridgehead atoms. The number of carbonyl (C=O) groups excluding carboxylic acids is 1. The molecule has 0 aliphatic carbocycles. The van der Waals surface area contributed by atoms with Crippen molar-refractivity contribution in [3.63, 3.8) is 0 Å². The molecule has 0 fully saturated rings. The van der Waals surface area contributed by atoms with Gasteiger partial charge >= 0.3 is 0 Å². The highest BCUT2D eigenvalue weighted by molar-refractivity contribution is 5.98. The number of aromatic nitrogens is 1. The summed E-state index contributed by atoms with van der Waals surface area (Å²) in [7, 11) is 4.64. The van der Waals surface area contributed by atoms with Crippen molar-refractivity contribution in [1.82, 2.24) is 4.57 Å². The molecule has 0 saturated heterocycles. The molecule has 7 heteroatoms. The Kier molecular flexibility index (Phi) is 5.49. The summed E-state index contributed by atoms with van der Waals surface area (Å²) in [6.45, 7) is 0.0127. The Labute approximate surface area is 178 Å². The lowest BCUT2D eigenvalue weighted by atomic mass is 10.1. The van der Waals surface area contributed by atoms with Crippen LogP contribution in [0.4, 0.5) is 5.69 Å². The molecular formula is C24H22N2O5. The largest absolute Gasteiger partial charge is 0.497 e. The lowest BCUT2D eigenvalue weighted by Crippen LogP contribution is -2.21. The topological polar surface area (TPSA) is 78.8 Å². The van der Waals surface area contributed by atoms with E-state index in [4.69, 9.17) is 14.2 Å². The first-order valence-electron chi connectivity index (χ1n) is 9.67. The smallest absolute Gasteiger partial charge is 0.244 e. The summed E-state index contributed by atoms with van der Waals surface area (Å²) in [5, 5.41) is 3.92. The number of hydrogen-bond acceptors (Lipinski definition) is 5. The number of nitrogens with zero attached hydrogens (tertiary/aromatic N) is 1. The van der Waals surface area contributed by atoms with E-state index < -0.39 is 0 Å². The van der Waals surface area contributed by atoms with Crippen molar-refractivity contribution in [1.29, 1.82) is 0 Å². The van der Waals surface area contributed by atoms with Gasteiger partial charge in [0.2, 0.25) is 5.91 Å². The van der Waals surface area contributed by atoms with E-state index in [1.165, 1.54) is 7.11 Å². The van der Waals surface area contributed by atoms with E-state index in [1.54, 1.807) is 56.7 Å². The quantitative estimate of drug-likeness (QED) is 0.482. The summed E-state index contributed by atoms with van der Waals surface area (Å²) in [6, 6.07) is 17.7. The number of amides is 1. The second-order valence-electron chi connectivity index (χ2n) is 6.93. The molecule has 1 N–H and O–H groups in total. The minimum Gasteiger partial charge on any atom is -0.497 e. The van der Waals surface area contributed by atoms with Crippen molar-refractivity contribution in [3.8, 4) is 17.2 Å².